The molecule has 0 radical (unpaired) electrons. The van der Waals surface area contributed by atoms with Crippen molar-refractivity contribution in [3.05, 3.63) is 29.8 Å². The third-order valence-electron chi connectivity index (χ3n) is 4.47. The van der Waals surface area contributed by atoms with E-state index in [9.17, 15) is 13.2 Å². The lowest BCUT2D eigenvalue weighted by molar-refractivity contribution is -0.121. The average molecular weight is 365 g/mol. The van der Waals surface area contributed by atoms with Crippen LogP contribution in [0.3, 0.4) is 0 Å². The molecule has 1 N–H and O–H groups in total. The molecule has 2 fully saturated rings. The van der Waals surface area contributed by atoms with E-state index < -0.39 is 9.84 Å². The summed E-state index contributed by atoms with van der Waals surface area (Å²) in [5.74, 6) is -0.0482. The minimum absolute atomic E-state index is 0.0898. The van der Waals surface area contributed by atoms with Gasteiger partial charge >= 0.3 is 0 Å². The van der Waals surface area contributed by atoms with Crippen molar-refractivity contribution in [1.82, 2.24) is 5.43 Å². The van der Waals surface area contributed by atoms with Crippen LogP contribution in [0.5, 0.6) is 0 Å². The van der Waals surface area contributed by atoms with E-state index in [1.807, 2.05) is 24.3 Å². The maximum Gasteiger partial charge on any atom is 0.240 e. The monoisotopic (exact) mass is 365 g/mol. The number of sulfone groups is 1. The fourth-order valence-electron chi connectivity index (χ4n) is 3.11. The van der Waals surface area contributed by atoms with E-state index in [4.69, 9.17) is 4.74 Å². The second-order valence-corrected chi connectivity index (χ2v) is 8.69. The fraction of sp³-hybridized carbons (Fsp3) is 0.529. The molecule has 136 valence electrons. The molecule has 2 heterocycles. The molecular formula is C17H23N3O4S. The first kappa shape index (κ1) is 17.9. The van der Waals surface area contributed by atoms with Crippen molar-refractivity contribution < 1.29 is 17.9 Å². The van der Waals surface area contributed by atoms with Gasteiger partial charge < -0.3 is 9.64 Å². The van der Waals surface area contributed by atoms with Gasteiger partial charge in [-0.2, -0.15) is 5.10 Å². The number of morpholine rings is 1. The molecule has 2 aliphatic heterocycles. The fourth-order valence-corrected chi connectivity index (χ4v) is 4.97. The van der Waals surface area contributed by atoms with Crippen molar-refractivity contribution in [3.8, 4) is 0 Å². The molecule has 0 saturated carbocycles. The molecule has 7 nitrogen and oxygen atoms in total. The number of ether oxygens (including phenoxy) is 1. The van der Waals surface area contributed by atoms with Crippen LogP contribution in [0.2, 0.25) is 0 Å². The molecule has 0 aromatic heterocycles. The van der Waals surface area contributed by atoms with E-state index >= 15 is 0 Å². The minimum Gasteiger partial charge on any atom is -0.378 e. The smallest absolute Gasteiger partial charge is 0.240 e. The van der Waals surface area contributed by atoms with Crippen LogP contribution in [0.25, 0.3) is 0 Å². The second kappa shape index (κ2) is 7.97. The Hall–Kier alpha value is -1.93. The molecule has 1 aromatic rings. The predicted octanol–water partition coefficient (Wildman–Crippen LogP) is 0.798. The molecular weight excluding hydrogens is 342 g/mol. The van der Waals surface area contributed by atoms with Gasteiger partial charge in [0.1, 0.15) is 0 Å². The molecule has 2 aliphatic rings. The van der Waals surface area contributed by atoms with Crippen molar-refractivity contribution in [1.29, 1.82) is 0 Å². The number of nitrogens with one attached hydrogen (secondary N) is 1. The van der Waals surface area contributed by atoms with Crippen LogP contribution in [0.1, 0.15) is 18.4 Å². The van der Waals surface area contributed by atoms with Crippen molar-refractivity contribution in [3.63, 3.8) is 0 Å². The first-order valence-corrected chi connectivity index (χ1v) is 10.3. The number of nitrogens with zero attached hydrogens (tertiary/aromatic N) is 2. The molecule has 0 spiro atoms. The van der Waals surface area contributed by atoms with Gasteiger partial charge in [0.15, 0.2) is 9.84 Å². The zero-order valence-corrected chi connectivity index (χ0v) is 14.9. The number of amides is 1. The molecule has 2 saturated heterocycles. The van der Waals surface area contributed by atoms with Crippen LogP contribution in [0.15, 0.2) is 29.4 Å². The second-order valence-electron chi connectivity index (χ2n) is 6.46. The standard InChI is InChI=1S/C17H23N3O4S/c21-17(11-15-5-10-25(22,23)13-15)19-18-12-14-1-3-16(4-2-14)20-6-8-24-9-7-20/h1-4,12,15H,5-11,13H2,(H,19,21)/b18-12-/t15-/m0/s1. The topological polar surface area (TPSA) is 88.1 Å². The summed E-state index contributed by atoms with van der Waals surface area (Å²) in [5, 5.41) is 3.95. The number of anilines is 1. The highest BCUT2D eigenvalue weighted by Gasteiger charge is 2.29. The molecule has 0 unspecified atom stereocenters. The lowest BCUT2D eigenvalue weighted by Gasteiger charge is -2.28. The minimum atomic E-state index is -2.95. The number of carbonyl (C=O) groups excluding carboxylic acids is 1. The Balaban J connectivity index is 1.46. The molecule has 0 aliphatic carbocycles. The van der Waals surface area contributed by atoms with E-state index in [0.29, 0.717) is 6.42 Å². The van der Waals surface area contributed by atoms with Crippen LogP contribution in [-0.4, -0.2) is 58.3 Å². The molecule has 1 aromatic carbocycles. The van der Waals surface area contributed by atoms with E-state index in [0.717, 1.165) is 37.6 Å². The molecule has 8 heteroatoms. The molecule has 25 heavy (non-hydrogen) atoms. The predicted molar refractivity (Wildman–Crippen MR) is 96.6 cm³/mol. The number of carbonyl (C=O) groups is 1. The zero-order chi connectivity index (χ0) is 17.7. The Morgan fingerprint density at radius 1 is 1.28 bits per heavy atom. The van der Waals surface area contributed by atoms with E-state index in [2.05, 4.69) is 15.4 Å². The van der Waals surface area contributed by atoms with E-state index in [1.54, 1.807) is 6.21 Å². The van der Waals surface area contributed by atoms with Gasteiger partial charge in [0, 0.05) is 25.2 Å². The highest BCUT2D eigenvalue weighted by atomic mass is 32.2. The van der Waals surface area contributed by atoms with Crippen molar-refractivity contribution in [2.24, 2.45) is 11.0 Å². The SMILES string of the molecule is O=C(C[C@@H]1CCS(=O)(=O)C1)N/N=C\c1ccc(N2CCOCC2)cc1. The summed E-state index contributed by atoms with van der Waals surface area (Å²) in [4.78, 5) is 14.1. The van der Waals surface area contributed by atoms with Crippen molar-refractivity contribution >= 4 is 27.6 Å². The third-order valence-corrected chi connectivity index (χ3v) is 6.31. The first-order chi connectivity index (χ1) is 12.0. The number of hydrazone groups is 1. The highest BCUT2D eigenvalue weighted by Crippen LogP contribution is 2.21. The third kappa shape index (κ3) is 5.27. The summed E-state index contributed by atoms with van der Waals surface area (Å²) in [6.45, 7) is 3.27. The molecule has 1 atom stereocenters. The summed E-state index contributed by atoms with van der Waals surface area (Å²) in [6.07, 6.45) is 2.35. The van der Waals surface area contributed by atoms with Crippen LogP contribution >= 0.6 is 0 Å². The number of rotatable bonds is 5. The van der Waals surface area contributed by atoms with Crippen LogP contribution < -0.4 is 10.3 Å². The van der Waals surface area contributed by atoms with E-state index in [-0.39, 0.29) is 29.8 Å². The average Bonchev–Trinajstić information content (AvgIpc) is 2.95. The van der Waals surface area contributed by atoms with Gasteiger partial charge in [-0.15, -0.1) is 0 Å². The number of hydrogen-bond donors (Lipinski definition) is 1. The highest BCUT2D eigenvalue weighted by molar-refractivity contribution is 7.91. The van der Waals surface area contributed by atoms with Gasteiger partial charge in [-0.3, -0.25) is 4.79 Å². The Kier molecular flexibility index (Phi) is 5.70. The molecule has 1 amide bonds. The molecule has 0 bridgehead atoms. The Bertz CT molecular complexity index is 725. The van der Waals surface area contributed by atoms with Gasteiger partial charge in [0.2, 0.25) is 5.91 Å². The zero-order valence-electron chi connectivity index (χ0n) is 14.1. The molecule has 3 rings (SSSR count). The van der Waals surface area contributed by atoms with Crippen LogP contribution in [0.4, 0.5) is 5.69 Å². The summed E-state index contributed by atoms with van der Waals surface area (Å²) < 4.78 is 28.1. The lowest BCUT2D eigenvalue weighted by Crippen LogP contribution is -2.36. The van der Waals surface area contributed by atoms with Crippen LogP contribution in [0, 0.1) is 5.92 Å². The van der Waals surface area contributed by atoms with Crippen molar-refractivity contribution in [2.75, 3.05) is 42.7 Å². The van der Waals surface area contributed by atoms with Gasteiger partial charge in [0.05, 0.1) is 30.9 Å². The van der Waals surface area contributed by atoms with Gasteiger partial charge in [-0.25, -0.2) is 13.8 Å². The normalized spacial score (nSPS) is 23.0. The van der Waals surface area contributed by atoms with Crippen LogP contribution in [-0.2, 0) is 19.4 Å². The first-order valence-electron chi connectivity index (χ1n) is 8.47. The maximum absolute atomic E-state index is 11.8. The number of benzene rings is 1. The van der Waals surface area contributed by atoms with Gasteiger partial charge in [-0.05, 0) is 30.0 Å². The summed E-state index contributed by atoms with van der Waals surface area (Å²) in [5.41, 5.74) is 4.51. The van der Waals surface area contributed by atoms with Gasteiger partial charge in [-0.1, -0.05) is 12.1 Å². The summed E-state index contributed by atoms with van der Waals surface area (Å²) in [7, 11) is -2.95. The van der Waals surface area contributed by atoms with Crippen molar-refractivity contribution in [2.45, 2.75) is 12.8 Å². The Labute approximate surface area is 148 Å². The largest absolute Gasteiger partial charge is 0.378 e. The lowest BCUT2D eigenvalue weighted by atomic mass is 10.1. The summed E-state index contributed by atoms with van der Waals surface area (Å²) >= 11 is 0. The van der Waals surface area contributed by atoms with Gasteiger partial charge in [0.25, 0.3) is 0 Å². The Morgan fingerprint density at radius 3 is 2.64 bits per heavy atom. The summed E-state index contributed by atoms with van der Waals surface area (Å²) in [6, 6.07) is 7.95. The maximum atomic E-state index is 11.8. The number of hydrogen-bond acceptors (Lipinski definition) is 6. The Morgan fingerprint density at radius 2 is 2.00 bits per heavy atom. The quantitative estimate of drug-likeness (QED) is 0.616. The van der Waals surface area contributed by atoms with E-state index in [1.165, 1.54) is 0 Å².